The Labute approximate surface area is 148 Å². The number of hydrogen-bond donors (Lipinski definition) is 2. The van der Waals surface area contributed by atoms with Gasteiger partial charge in [0.2, 0.25) is 0 Å². The topological polar surface area (TPSA) is 89.7 Å². The lowest BCUT2D eigenvalue weighted by molar-refractivity contribution is 0.309. The van der Waals surface area contributed by atoms with Crippen LogP contribution in [0.2, 0.25) is 5.02 Å². The normalized spacial score (nSPS) is 10.9. The molecule has 0 radical (unpaired) electrons. The largest absolute Gasteiger partial charge is 0.486 e. The quantitative estimate of drug-likeness (QED) is 0.583. The molecule has 7 heteroatoms. The molecule has 0 unspecified atom stereocenters. The number of nitrogens with one attached hydrogen (secondary N) is 1. The summed E-state index contributed by atoms with van der Waals surface area (Å²) in [6, 6.07) is 17.5. The third kappa shape index (κ3) is 3.25. The van der Waals surface area contributed by atoms with Crippen molar-refractivity contribution < 1.29 is 4.74 Å². The Morgan fingerprint density at radius 2 is 1.88 bits per heavy atom. The minimum Gasteiger partial charge on any atom is -0.486 e. The van der Waals surface area contributed by atoms with Crippen molar-refractivity contribution in [1.29, 1.82) is 0 Å². The van der Waals surface area contributed by atoms with E-state index in [1.807, 2.05) is 42.5 Å². The predicted octanol–water partition coefficient (Wildman–Crippen LogP) is 3.83. The molecule has 0 atom stereocenters. The van der Waals surface area contributed by atoms with Gasteiger partial charge in [0.1, 0.15) is 12.4 Å². The van der Waals surface area contributed by atoms with E-state index in [2.05, 4.69) is 26.5 Å². The maximum atomic E-state index is 5.95. The molecule has 0 fully saturated rings. The van der Waals surface area contributed by atoms with Gasteiger partial charge < -0.3 is 10.5 Å². The number of H-pyrrole nitrogens is 1. The molecule has 0 aliphatic heterocycles. The highest BCUT2D eigenvalue weighted by Crippen LogP contribution is 2.26. The molecule has 0 bridgehead atoms. The van der Waals surface area contributed by atoms with Gasteiger partial charge in [0.15, 0.2) is 16.9 Å². The van der Waals surface area contributed by atoms with E-state index in [9.17, 15) is 0 Å². The lowest BCUT2D eigenvalue weighted by atomic mass is 10.0. The van der Waals surface area contributed by atoms with Gasteiger partial charge in [-0.05, 0) is 34.9 Å². The van der Waals surface area contributed by atoms with E-state index in [0.29, 0.717) is 29.3 Å². The summed E-state index contributed by atoms with van der Waals surface area (Å²) in [7, 11) is 0. The summed E-state index contributed by atoms with van der Waals surface area (Å²) in [6.45, 7) is 0.382. The number of rotatable bonds is 4. The first-order valence-electron chi connectivity index (χ1n) is 7.64. The molecule has 6 nitrogen and oxygen atoms in total. The van der Waals surface area contributed by atoms with Gasteiger partial charge in [-0.2, -0.15) is 0 Å². The van der Waals surface area contributed by atoms with Crippen molar-refractivity contribution in [3.05, 3.63) is 65.2 Å². The molecule has 25 heavy (non-hydrogen) atoms. The van der Waals surface area contributed by atoms with Gasteiger partial charge in [-0.1, -0.05) is 47.1 Å². The van der Waals surface area contributed by atoms with Gasteiger partial charge in [-0.15, -0.1) is 5.10 Å². The fourth-order valence-electron chi connectivity index (χ4n) is 2.58. The van der Waals surface area contributed by atoms with Crippen molar-refractivity contribution in [3.8, 4) is 16.9 Å². The second-order valence-electron chi connectivity index (χ2n) is 5.55. The van der Waals surface area contributed by atoms with Crippen LogP contribution in [0.25, 0.3) is 22.3 Å². The molecule has 0 saturated carbocycles. The van der Waals surface area contributed by atoms with Crippen LogP contribution in [0.15, 0.2) is 54.6 Å². The van der Waals surface area contributed by atoms with E-state index >= 15 is 0 Å². The van der Waals surface area contributed by atoms with E-state index in [1.165, 1.54) is 0 Å². The fraction of sp³-hybridized carbons (Fsp3) is 0.0556. The third-order valence-corrected chi connectivity index (χ3v) is 4.03. The summed E-state index contributed by atoms with van der Waals surface area (Å²) in [5.74, 6) is 0.900. The van der Waals surface area contributed by atoms with Gasteiger partial charge in [-0.3, -0.25) is 0 Å². The van der Waals surface area contributed by atoms with Gasteiger partial charge in [0.25, 0.3) is 0 Å². The standard InChI is InChI=1S/C18H14ClN5O/c19-14-6-4-12(5-7-14)13-3-1-2-11(8-13)10-25-15-9-16(20)21-18-17(15)22-24-23-18/h1-9H,10H2,(H3,20,21,22,23,24). The lowest BCUT2D eigenvalue weighted by Gasteiger charge is -2.09. The number of ether oxygens (including phenoxy) is 1. The number of pyridine rings is 1. The average molecular weight is 352 g/mol. The number of nitrogen functional groups attached to an aromatic ring is 1. The van der Waals surface area contributed by atoms with Crippen molar-refractivity contribution >= 4 is 28.6 Å². The number of benzene rings is 2. The van der Waals surface area contributed by atoms with Crippen LogP contribution in [0.4, 0.5) is 5.82 Å². The van der Waals surface area contributed by atoms with Crippen LogP contribution >= 0.6 is 11.6 Å². The van der Waals surface area contributed by atoms with Crippen LogP contribution in [0.1, 0.15) is 5.56 Å². The average Bonchev–Trinajstić information content (AvgIpc) is 3.09. The first-order chi connectivity index (χ1) is 12.2. The molecule has 0 saturated heterocycles. The number of anilines is 1. The van der Waals surface area contributed by atoms with Crippen molar-refractivity contribution in [2.45, 2.75) is 6.61 Å². The highest BCUT2D eigenvalue weighted by Gasteiger charge is 2.09. The molecular weight excluding hydrogens is 338 g/mol. The van der Waals surface area contributed by atoms with E-state index in [1.54, 1.807) is 6.07 Å². The molecular formula is C18H14ClN5O. The number of nitrogens with two attached hydrogens (primary N) is 1. The molecule has 0 aliphatic carbocycles. The molecule has 4 aromatic rings. The molecule has 0 amide bonds. The van der Waals surface area contributed by atoms with Crippen LogP contribution in [0.5, 0.6) is 5.75 Å². The van der Waals surface area contributed by atoms with Gasteiger partial charge in [0.05, 0.1) is 0 Å². The molecule has 0 aliphatic rings. The highest BCUT2D eigenvalue weighted by atomic mass is 35.5. The Hall–Kier alpha value is -3.12. The first-order valence-corrected chi connectivity index (χ1v) is 8.02. The maximum Gasteiger partial charge on any atom is 0.181 e. The molecule has 2 heterocycles. The number of fused-ring (bicyclic) bond motifs is 1. The number of halogens is 1. The summed E-state index contributed by atoms with van der Waals surface area (Å²) in [4.78, 5) is 4.12. The van der Waals surface area contributed by atoms with Crippen LogP contribution in [0, 0.1) is 0 Å². The van der Waals surface area contributed by atoms with Crippen LogP contribution in [-0.2, 0) is 6.61 Å². The fourth-order valence-corrected chi connectivity index (χ4v) is 2.71. The molecule has 2 aromatic heterocycles. The zero-order chi connectivity index (χ0) is 17.2. The van der Waals surface area contributed by atoms with Crippen LogP contribution < -0.4 is 10.5 Å². The molecule has 3 N–H and O–H groups in total. The lowest BCUT2D eigenvalue weighted by Crippen LogP contribution is -1.99. The zero-order valence-electron chi connectivity index (χ0n) is 13.1. The molecule has 4 rings (SSSR count). The van der Waals surface area contributed by atoms with Gasteiger partial charge in [0, 0.05) is 11.1 Å². The van der Waals surface area contributed by atoms with Gasteiger partial charge >= 0.3 is 0 Å². The summed E-state index contributed by atoms with van der Waals surface area (Å²) >= 11 is 5.95. The van der Waals surface area contributed by atoms with Crippen LogP contribution in [-0.4, -0.2) is 20.4 Å². The Morgan fingerprint density at radius 3 is 2.72 bits per heavy atom. The number of hydrogen-bond acceptors (Lipinski definition) is 5. The second kappa shape index (κ2) is 6.41. The monoisotopic (exact) mass is 351 g/mol. The smallest absolute Gasteiger partial charge is 0.181 e. The summed E-state index contributed by atoms with van der Waals surface area (Å²) in [5, 5.41) is 11.1. The molecule has 0 spiro atoms. The Balaban J connectivity index is 1.58. The summed E-state index contributed by atoms with van der Waals surface area (Å²) in [6.07, 6.45) is 0. The SMILES string of the molecule is Nc1cc(OCc2cccc(-c3ccc(Cl)cc3)c2)c2nn[nH]c2n1. The van der Waals surface area contributed by atoms with E-state index < -0.39 is 0 Å². The summed E-state index contributed by atoms with van der Waals surface area (Å²) < 4.78 is 5.89. The van der Waals surface area contributed by atoms with Crippen molar-refractivity contribution in [2.75, 3.05) is 5.73 Å². The maximum absolute atomic E-state index is 5.95. The summed E-state index contributed by atoms with van der Waals surface area (Å²) in [5.41, 5.74) is 10.1. The number of nitrogens with zero attached hydrogens (tertiary/aromatic N) is 3. The van der Waals surface area contributed by atoms with Crippen LogP contribution in [0.3, 0.4) is 0 Å². The number of aromatic amines is 1. The third-order valence-electron chi connectivity index (χ3n) is 3.78. The van der Waals surface area contributed by atoms with E-state index in [-0.39, 0.29) is 0 Å². The first kappa shape index (κ1) is 15.4. The Morgan fingerprint density at radius 1 is 1.04 bits per heavy atom. The number of aromatic nitrogens is 4. The van der Waals surface area contributed by atoms with Crippen molar-refractivity contribution in [1.82, 2.24) is 20.4 Å². The van der Waals surface area contributed by atoms with Crippen molar-refractivity contribution in [3.63, 3.8) is 0 Å². The Bertz CT molecular complexity index is 1030. The van der Waals surface area contributed by atoms with E-state index in [4.69, 9.17) is 22.1 Å². The zero-order valence-corrected chi connectivity index (χ0v) is 13.9. The second-order valence-corrected chi connectivity index (χ2v) is 5.99. The Kier molecular flexibility index (Phi) is 3.95. The highest BCUT2D eigenvalue weighted by molar-refractivity contribution is 6.30. The minimum atomic E-state index is 0.350. The van der Waals surface area contributed by atoms with Crippen molar-refractivity contribution in [2.24, 2.45) is 0 Å². The van der Waals surface area contributed by atoms with E-state index in [0.717, 1.165) is 21.7 Å². The minimum absolute atomic E-state index is 0.350. The molecule has 2 aromatic carbocycles. The van der Waals surface area contributed by atoms with Gasteiger partial charge in [-0.25, -0.2) is 10.1 Å². The predicted molar refractivity (Wildman–Crippen MR) is 97.3 cm³/mol. The molecule has 124 valence electrons.